The summed E-state index contributed by atoms with van der Waals surface area (Å²) in [5.74, 6) is -4.19. The summed E-state index contributed by atoms with van der Waals surface area (Å²) in [6, 6.07) is 5.78. The fourth-order valence-electron chi connectivity index (χ4n) is 1.42. The van der Waals surface area contributed by atoms with Crippen molar-refractivity contribution < 1.29 is 31.2 Å². The number of hydrogen-bond donors (Lipinski definition) is 0. The van der Waals surface area contributed by atoms with Crippen molar-refractivity contribution in [2.75, 3.05) is 18.1 Å². The average Bonchev–Trinajstić information content (AvgIpc) is 2.52. The van der Waals surface area contributed by atoms with E-state index in [0.717, 1.165) is 17.8 Å². The standard InChI is InChI=1S/C14H19F4O3PS2/c1-3-9-24-22(19,20-4-2)21-11-5-7-12(8-6-11)23-10-14(17,18)13(15)16/h5-8,13H,3-4,9-10H2,1-2H3. The molecule has 0 fully saturated rings. The maximum absolute atomic E-state index is 12.9. The molecule has 1 unspecified atom stereocenters. The molecule has 1 atom stereocenters. The highest BCUT2D eigenvalue weighted by atomic mass is 32.7. The number of rotatable bonds is 11. The van der Waals surface area contributed by atoms with Gasteiger partial charge in [0.25, 0.3) is 0 Å². The second-order valence-corrected chi connectivity index (χ2v) is 9.78. The van der Waals surface area contributed by atoms with Crippen molar-refractivity contribution >= 4 is 29.9 Å². The summed E-state index contributed by atoms with van der Waals surface area (Å²) >= 11 is 1.70. The van der Waals surface area contributed by atoms with Gasteiger partial charge in [-0.15, -0.1) is 11.8 Å². The van der Waals surface area contributed by atoms with Crippen LogP contribution in [0.2, 0.25) is 0 Å². The predicted molar refractivity (Wildman–Crippen MR) is 90.7 cm³/mol. The van der Waals surface area contributed by atoms with Gasteiger partial charge in [-0.2, -0.15) is 8.78 Å². The zero-order valence-corrected chi connectivity index (χ0v) is 15.7. The highest BCUT2D eigenvalue weighted by Crippen LogP contribution is 2.60. The number of benzene rings is 1. The van der Waals surface area contributed by atoms with Gasteiger partial charge in [-0.05, 0) is 49.0 Å². The summed E-state index contributed by atoms with van der Waals surface area (Å²) in [7, 11) is 0. The molecular weight excluding hydrogens is 387 g/mol. The minimum absolute atomic E-state index is 0.227. The second-order valence-electron chi connectivity index (χ2n) is 4.61. The minimum atomic E-state index is -4.04. The van der Waals surface area contributed by atoms with E-state index < -0.39 is 24.9 Å². The van der Waals surface area contributed by atoms with Crippen LogP contribution in [0.1, 0.15) is 20.3 Å². The molecule has 0 aliphatic heterocycles. The maximum Gasteiger partial charge on any atom is 0.440 e. The maximum atomic E-state index is 12.9. The molecule has 1 rings (SSSR count). The molecule has 0 bridgehead atoms. The van der Waals surface area contributed by atoms with Crippen LogP contribution in [0.5, 0.6) is 5.75 Å². The van der Waals surface area contributed by atoms with Crippen LogP contribution in [0.25, 0.3) is 0 Å². The molecule has 0 amide bonds. The monoisotopic (exact) mass is 406 g/mol. The van der Waals surface area contributed by atoms with Gasteiger partial charge in [-0.1, -0.05) is 6.92 Å². The summed E-state index contributed by atoms with van der Waals surface area (Å²) in [6.45, 7) is 0.524. The first-order valence-corrected chi connectivity index (χ1v) is 11.3. The van der Waals surface area contributed by atoms with Crippen LogP contribution in [-0.2, 0) is 9.09 Å². The molecule has 24 heavy (non-hydrogen) atoms. The van der Waals surface area contributed by atoms with E-state index in [4.69, 9.17) is 9.05 Å². The number of alkyl halides is 4. The Balaban J connectivity index is 2.67. The van der Waals surface area contributed by atoms with Crippen LogP contribution < -0.4 is 4.52 Å². The van der Waals surface area contributed by atoms with Gasteiger partial charge >= 0.3 is 19.1 Å². The second kappa shape index (κ2) is 9.94. The Hall–Kier alpha value is -0.370. The molecular formula is C14H19F4O3PS2. The number of hydrogen-bond acceptors (Lipinski definition) is 5. The van der Waals surface area contributed by atoms with Gasteiger partial charge in [-0.25, -0.2) is 13.3 Å². The highest BCUT2D eigenvalue weighted by Gasteiger charge is 2.40. The Bertz CT molecular complexity index is 543. The zero-order chi connectivity index (χ0) is 18.2. The Labute approximate surface area is 147 Å². The lowest BCUT2D eigenvalue weighted by molar-refractivity contribution is -0.109. The molecule has 0 N–H and O–H groups in total. The molecule has 138 valence electrons. The van der Waals surface area contributed by atoms with Gasteiger partial charge in [-0.3, -0.25) is 4.52 Å². The Morgan fingerprint density at radius 1 is 1.21 bits per heavy atom. The van der Waals surface area contributed by atoms with Crippen LogP contribution in [0.3, 0.4) is 0 Å². The van der Waals surface area contributed by atoms with Gasteiger partial charge in [0.2, 0.25) is 0 Å². The van der Waals surface area contributed by atoms with E-state index in [1.165, 1.54) is 24.3 Å². The van der Waals surface area contributed by atoms with Crippen molar-refractivity contribution in [2.24, 2.45) is 0 Å². The van der Waals surface area contributed by atoms with Gasteiger partial charge in [0.05, 0.1) is 12.4 Å². The molecule has 1 aromatic carbocycles. The van der Waals surface area contributed by atoms with Gasteiger partial charge < -0.3 is 4.52 Å². The molecule has 0 heterocycles. The number of thioether (sulfide) groups is 1. The summed E-state index contributed by atoms with van der Waals surface area (Å²) in [5.41, 5.74) is 0. The van der Waals surface area contributed by atoms with E-state index in [-0.39, 0.29) is 12.4 Å². The molecule has 0 spiro atoms. The van der Waals surface area contributed by atoms with Crippen LogP contribution in [0.4, 0.5) is 17.6 Å². The Morgan fingerprint density at radius 3 is 2.33 bits per heavy atom. The van der Waals surface area contributed by atoms with Crippen molar-refractivity contribution in [3.05, 3.63) is 24.3 Å². The van der Waals surface area contributed by atoms with E-state index in [1.807, 2.05) is 6.92 Å². The zero-order valence-electron chi connectivity index (χ0n) is 13.2. The molecule has 0 aliphatic carbocycles. The lowest BCUT2D eigenvalue weighted by atomic mass is 10.3. The molecule has 10 heteroatoms. The van der Waals surface area contributed by atoms with E-state index in [9.17, 15) is 22.1 Å². The van der Waals surface area contributed by atoms with E-state index in [2.05, 4.69) is 0 Å². The molecule has 0 aromatic heterocycles. The third-order valence-corrected chi connectivity index (χ3v) is 7.62. The first kappa shape index (κ1) is 21.7. The van der Waals surface area contributed by atoms with Gasteiger partial charge in [0.1, 0.15) is 5.75 Å². The molecule has 0 radical (unpaired) electrons. The van der Waals surface area contributed by atoms with Crippen molar-refractivity contribution in [3.63, 3.8) is 0 Å². The van der Waals surface area contributed by atoms with Gasteiger partial charge in [0.15, 0.2) is 0 Å². The lowest BCUT2D eigenvalue weighted by Gasteiger charge is -2.18. The van der Waals surface area contributed by atoms with Crippen LogP contribution in [-0.4, -0.2) is 30.5 Å². The first-order valence-electron chi connectivity index (χ1n) is 7.20. The summed E-state index contributed by atoms with van der Waals surface area (Å²) in [4.78, 5) is 0.384. The topological polar surface area (TPSA) is 35.5 Å². The largest absolute Gasteiger partial charge is 0.440 e. The van der Waals surface area contributed by atoms with Crippen molar-refractivity contribution in [1.82, 2.24) is 0 Å². The lowest BCUT2D eigenvalue weighted by Crippen LogP contribution is -2.29. The Kier molecular flexibility index (Phi) is 8.98. The SMILES string of the molecule is CCCSP(=O)(OCC)Oc1ccc(SCC(F)(F)C(F)F)cc1. The summed E-state index contributed by atoms with van der Waals surface area (Å²) in [6.07, 6.45) is -2.89. The normalized spacial score (nSPS) is 14.6. The van der Waals surface area contributed by atoms with Crippen molar-refractivity contribution in [1.29, 1.82) is 0 Å². The molecule has 0 saturated heterocycles. The molecule has 1 aromatic rings. The van der Waals surface area contributed by atoms with Crippen molar-refractivity contribution in [2.45, 2.75) is 37.5 Å². The fourth-order valence-corrected chi connectivity index (χ4v) is 5.69. The smallest absolute Gasteiger partial charge is 0.417 e. The Morgan fingerprint density at radius 2 is 1.83 bits per heavy atom. The molecule has 0 saturated carbocycles. The third kappa shape index (κ3) is 7.25. The molecule has 0 aliphatic rings. The van der Waals surface area contributed by atoms with E-state index >= 15 is 0 Å². The van der Waals surface area contributed by atoms with E-state index in [0.29, 0.717) is 22.4 Å². The third-order valence-electron chi connectivity index (χ3n) is 2.53. The average molecular weight is 406 g/mol. The number of halogens is 4. The molecule has 3 nitrogen and oxygen atoms in total. The van der Waals surface area contributed by atoms with Crippen LogP contribution in [0, 0.1) is 0 Å². The minimum Gasteiger partial charge on any atom is -0.417 e. The van der Waals surface area contributed by atoms with Crippen LogP contribution in [0.15, 0.2) is 29.2 Å². The predicted octanol–water partition coefficient (Wildman–Crippen LogP) is 6.35. The van der Waals surface area contributed by atoms with Gasteiger partial charge in [0, 0.05) is 10.6 Å². The van der Waals surface area contributed by atoms with Crippen LogP contribution >= 0.6 is 29.9 Å². The summed E-state index contributed by atoms with van der Waals surface area (Å²) < 4.78 is 73.1. The van der Waals surface area contributed by atoms with Crippen molar-refractivity contribution in [3.8, 4) is 5.75 Å². The quantitative estimate of drug-likeness (QED) is 0.243. The highest BCUT2D eigenvalue weighted by molar-refractivity contribution is 8.55. The first-order chi connectivity index (χ1) is 11.2. The summed E-state index contributed by atoms with van der Waals surface area (Å²) in [5, 5.41) is 0. The fraction of sp³-hybridized carbons (Fsp3) is 0.571. The van der Waals surface area contributed by atoms with E-state index in [1.54, 1.807) is 6.92 Å².